The molecule has 130 valence electrons. The van der Waals surface area contributed by atoms with Gasteiger partial charge in [-0.15, -0.1) is 11.3 Å². The minimum atomic E-state index is -0.380. The number of thioether (sulfide) groups is 1. The highest BCUT2D eigenvalue weighted by Crippen LogP contribution is 2.16. The molecular formula is C17H17N3O3S2. The summed E-state index contributed by atoms with van der Waals surface area (Å²) >= 11 is 3.45. The Morgan fingerprint density at radius 1 is 1.16 bits per heavy atom. The topological polar surface area (TPSA) is 84.0 Å². The molecule has 0 bridgehead atoms. The van der Waals surface area contributed by atoms with E-state index in [1.54, 1.807) is 47.4 Å². The SMILES string of the molecule is O=C(Cn1[nH]c(=O)c2ccccc2c1=O)NCCSCc1cccs1. The fourth-order valence-electron chi connectivity index (χ4n) is 2.39. The molecule has 2 heterocycles. The normalized spacial score (nSPS) is 10.9. The van der Waals surface area contributed by atoms with Gasteiger partial charge >= 0.3 is 0 Å². The number of benzene rings is 1. The van der Waals surface area contributed by atoms with Crippen LogP contribution in [0.5, 0.6) is 0 Å². The second-order valence-corrected chi connectivity index (χ2v) is 7.50. The highest BCUT2D eigenvalue weighted by atomic mass is 32.2. The van der Waals surface area contributed by atoms with Gasteiger partial charge in [0.25, 0.3) is 11.1 Å². The molecule has 0 saturated carbocycles. The van der Waals surface area contributed by atoms with Crippen LogP contribution in [0.4, 0.5) is 0 Å². The molecule has 6 nitrogen and oxygen atoms in total. The Labute approximate surface area is 151 Å². The summed E-state index contributed by atoms with van der Waals surface area (Å²) in [5.74, 6) is 1.40. The van der Waals surface area contributed by atoms with Gasteiger partial charge in [-0.2, -0.15) is 11.8 Å². The van der Waals surface area contributed by atoms with Crippen molar-refractivity contribution in [1.82, 2.24) is 15.1 Å². The van der Waals surface area contributed by atoms with E-state index in [1.807, 2.05) is 11.4 Å². The van der Waals surface area contributed by atoms with Crippen LogP contribution in [0.3, 0.4) is 0 Å². The van der Waals surface area contributed by atoms with Crippen LogP contribution in [0.25, 0.3) is 10.8 Å². The Balaban J connectivity index is 1.54. The number of hydrogen-bond donors (Lipinski definition) is 2. The number of fused-ring (bicyclic) bond motifs is 1. The molecule has 0 aliphatic rings. The monoisotopic (exact) mass is 375 g/mol. The lowest BCUT2D eigenvalue weighted by molar-refractivity contribution is -0.121. The van der Waals surface area contributed by atoms with Crippen molar-refractivity contribution in [2.24, 2.45) is 0 Å². The molecule has 25 heavy (non-hydrogen) atoms. The predicted octanol–water partition coefficient (Wildman–Crippen LogP) is 1.80. The second kappa shape index (κ2) is 8.17. The summed E-state index contributed by atoms with van der Waals surface area (Å²) in [7, 11) is 0. The van der Waals surface area contributed by atoms with Crippen LogP contribution in [-0.2, 0) is 17.1 Å². The van der Waals surface area contributed by atoms with Crippen molar-refractivity contribution in [3.63, 3.8) is 0 Å². The number of carbonyl (C=O) groups is 1. The van der Waals surface area contributed by atoms with Crippen LogP contribution in [0, 0.1) is 0 Å². The molecule has 1 amide bonds. The molecule has 2 N–H and O–H groups in total. The maximum Gasteiger partial charge on any atom is 0.273 e. The third-order valence-corrected chi connectivity index (χ3v) is 5.65. The number of hydrogen-bond acceptors (Lipinski definition) is 5. The average molecular weight is 375 g/mol. The highest BCUT2D eigenvalue weighted by molar-refractivity contribution is 7.98. The third kappa shape index (κ3) is 4.40. The van der Waals surface area contributed by atoms with Crippen LogP contribution in [0.15, 0.2) is 51.4 Å². The van der Waals surface area contributed by atoms with Crippen molar-refractivity contribution in [2.45, 2.75) is 12.3 Å². The maximum absolute atomic E-state index is 12.3. The first-order chi connectivity index (χ1) is 12.1. The molecule has 0 fully saturated rings. The number of nitrogens with zero attached hydrogens (tertiary/aromatic N) is 1. The van der Waals surface area contributed by atoms with Crippen LogP contribution in [0.1, 0.15) is 4.88 Å². The zero-order valence-electron chi connectivity index (χ0n) is 13.4. The van der Waals surface area contributed by atoms with E-state index < -0.39 is 0 Å². The number of nitrogens with one attached hydrogen (secondary N) is 2. The van der Waals surface area contributed by atoms with Crippen molar-refractivity contribution in [1.29, 1.82) is 0 Å². The molecule has 0 aliphatic heterocycles. The van der Waals surface area contributed by atoms with E-state index in [1.165, 1.54) is 4.88 Å². The first kappa shape index (κ1) is 17.5. The molecule has 3 rings (SSSR count). The molecule has 1 aromatic carbocycles. The van der Waals surface area contributed by atoms with Crippen LogP contribution in [-0.4, -0.2) is 28.0 Å². The lowest BCUT2D eigenvalue weighted by Crippen LogP contribution is -2.37. The van der Waals surface area contributed by atoms with E-state index in [-0.39, 0.29) is 23.6 Å². The molecule has 8 heteroatoms. The van der Waals surface area contributed by atoms with Gasteiger partial charge in [-0.3, -0.25) is 19.5 Å². The smallest absolute Gasteiger partial charge is 0.273 e. The van der Waals surface area contributed by atoms with Crippen LogP contribution < -0.4 is 16.4 Å². The molecule has 0 radical (unpaired) electrons. The Bertz CT molecular complexity index is 977. The summed E-state index contributed by atoms with van der Waals surface area (Å²) in [5.41, 5.74) is -0.757. The third-order valence-electron chi connectivity index (χ3n) is 3.58. The second-order valence-electron chi connectivity index (χ2n) is 5.36. The number of aromatic amines is 1. The number of amides is 1. The lowest BCUT2D eigenvalue weighted by Gasteiger charge is -2.08. The minimum Gasteiger partial charge on any atom is -0.354 e. The van der Waals surface area contributed by atoms with Crippen molar-refractivity contribution in [3.05, 3.63) is 67.4 Å². The van der Waals surface area contributed by atoms with Crippen LogP contribution in [0.2, 0.25) is 0 Å². The summed E-state index contributed by atoms with van der Waals surface area (Å²) in [6.45, 7) is 0.315. The quantitative estimate of drug-likeness (QED) is 0.617. The minimum absolute atomic E-state index is 0.200. The molecule has 0 spiro atoms. The van der Waals surface area contributed by atoms with E-state index in [0.29, 0.717) is 17.3 Å². The summed E-state index contributed by atoms with van der Waals surface area (Å²) in [6, 6.07) is 10.7. The fourth-order valence-corrected chi connectivity index (χ4v) is 4.09. The molecule has 0 aliphatic carbocycles. The van der Waals surface area contributed by atoms with Crippen molar-refractivity contribution in [3.8, 4) is 0 Å². The first-order valence-electron chi connectivity index (χ1n) is 7.74. The maximum atomic E-state index is 12.3. The molecule has 0 saturated heterocycles. The van der Waals surface area contributed by atoms with E-state index in [9.17, 15) is 14.4 Å². The summed E-state index contributed by atoms with van der Waals surface area (Å²) in [5, 5.41) is 7.90. The zero-order valence-corrected chi connectivity index (χ0v) is 15.0. The van der Waals surface area contributed by atoms with Crippen molar-refractivity contribution in [2.75, 3.05) is 12.3 Å². The lowest BCUT2D eigenvalue weighted by atomic mass is 10.2. The van der Waals surface area contributed by atoms with Crippen molar-refractivity contribution >= 4 is 39.8 Å². The number of aromatic nitrogens is 2. The first-order valence-corrected chi connectivity index (χ1v) is 9.77. The summed E-state index contributed by atoms with van der Waals surface area (Å²) in [6.07, 6.45) is 0. The molecule has 0 unspecified atom stereocenters. The largest absolute Gasteiger partial charge is 0.354 e. The molecule has 3 aromatic rings. The number of carbonyl (C=O) groups excluding carboxylic acids is 1. The average Bonchev–Trinajstić information content (AvgIpc) is 3.12. The predicted molar refractivity (Wildman–Crippen MR) is 102 cm³/mol. The van der Waals surface area contributed by atoms with Gasteiger partial charge in [0.2, 0.25) is 5.91 Å². The summed E-state index contributed by atoms with van der Waals surface area (Å²) in [4.78, 5) is 37.6. The van der Waals surface area contributed by atoms with Crippen LogP contribution >= 0.6 is 23.1 Å². The van der Waals surface area contributed by atoms with E-state index in [2.05, 4.69) is 16.5 Å². The van der Waals surface area contributed by atoms with E-state index in [0.717, 1.165) is 16.2 Å². The van der Waals surface area contributed by atoms with Gasteiger partial charge in [0.1, 0.15) is 6.54 Å². The van der Waals surface area contributed by atoms with E-state index >= 15 is 0 Å². The molecule has 2 aromatic heterocycles. The van der Waals surface area contributed by atoms with Gasteiger partial charge in [0.05, 0.1) is 10.8 Å². The fraction of sp³-hybridized carbons (Fsp3) is 0.235. The Kier molecular flexibility index (Phi) is 5.72. The molecular weight excluding hydrogens is 358 g/mol. The van der Waals surface area contributed by atoms with Gasteiger partial charge in [0.15, 0.2) is 0 Å². The van der Waals surface area contributed by atoms with Gasteiger partial charge < -0.3 is 5.32 Å². The highest BCUT2D eigenvalue weighted by Gasteiger charge is 2.09. The van der Waals surface area contributed by atoms with E-state index in [4.69, 9.17) is 0 Å². The Morgan fingerprint density at radius 3 is 2.72 bits per heavy atom. The van der Waals surface area contributed by atoms with Crippen molar-refractivity contribution < 1.29 is 4.79 Å². The van der Waals surface area contributed by atoms with Gasteiger partial charge in [-0.25, -0.2) is 4.68 Å². The summed E-state index contributed by atoms with van der Waals surface area (Å²) < 4.78 is 1.05. The van der Waals surface area contributed by atoms with Gasteiger partial charge in [-0.05, 0) is 23.6 Å². The number of thiophene rings is 1. The van der Waals surface area contributed by atoms with Gasteiger partial charge in [-0.1, -0.05) is 18.2 Å². The number of rotatable bonds is 7. The number of H-pyrrole nitrogens is 1. The standard InChI is InChI=1S/C17H17N3O3S2/c21-15(18-7-9-24-11-12-4-3-8-25-12)10-20-17(23)14-6-2-1-5-13(14)16(22)19-20/h1-6,8H,7,9-11H2,(H,18,21)(H,19,22). The Morgan fingerprint density at radius 2 is 1.96 bits per heavy atom. The Hall–Kier alpha value is -2.32. The van der Waals surface area contributed by atoms with Gasteiger partial charge in [0, 0.05) is 22.9 Å². The zero-order chi connectivity index (χ0) is 17.6. The molecule has 0 atom stereocenters.